The van der Waals surface area contributed by atoms with E-state index in [0.29, 0.717) is 41.6 Å². The molecular formula is C23H20FN5O2. The van der Waals surface area contributed by atoms with Crippen LogP contribution in [0.4, 0.5) is 15.8 Å². The molecule has 1 aromatic carbocycles. The number of nitrogens with one attached hydrogen (secondary N) is 3. The molecule has 2 aliphatic heterocycles. The van der Waals surface area contributed by atoms with Crippen LogP contribution in [0.3, 0.4) is 0 Å². The van der Waals surface area contributed by atoms with Crippen molar-refractivity contribution in [3.8, 4) is 17.0 Å². The summed E-state index contributed by atoms with van der Waals surface area (Å²) < 4.78 is 20.6. The number of nitrogens with zero attached hydrogens (tertiary/aromatic N) is 2. The molecule has 1 amide bonds. The lowest BCUT2D eigenvalue weighted by Gasteiger charge is -2.21. The zero-order valence-electron chi connectivity index (χ0n) is 16.9. The Balaban J connectivity index is 1.44. The van der Waals surface area contributed by atoms with Crippen molar-refractivity contribution in [3.05, 3.63) is 53.0 Å². The maximum Gasteiger partial charge on any atom is 0.256 e. The predicted molar refractivity (Wildman–Crippen MR) is 115 cm³/mol. The van der Waals surface area contributed by atoms with E-state index in [1.807, 2.05) is 13.0 Å². The molecule has 0 unspecified atom stereocenters. The van der Waals surface area contributed by atoms with Crippen molar-refractivity contribution < 1.29 is 13.9 Å². The molecular weight excluding hydrogens is 397 g/mol. The van der Waals surface area contributed by atoms with Gasteiger partial charge in [-0.25, -0.2) is 14.4 Å². The highest BCUT2D eigenvalue weighted by atomic mass is 19.1. The number of halogens is 1. The van der Waals surface area contributed by atoms with Crippen molar-refractivity contribution in [1.29, 1.82) is 0 Å². The Morgan fingerprint density at radius 2 is 2.03 bits per heavy atom. The molecule has 6 rings (SSSR count). The number of aromatic nitrogens is 3. The maximum atomic E-state index is 15.0. The highest BCUT2D eigenvalue weighted by Gasteiger charge is 2.30. The average molecular weight is 417 g/mol. The van der Waals surface area contributed by atoms with E-state index in [4.69, 9.17) is 4.74 Å². The Labute approximate surface area is 177 Å². The third-order valence-electron chi connectivity index (χ3n) is 6.00. The van der Waals surface area contributed by atoms with Crippen molar-refractivity contribution in [1.82, 2.24) is 15.0 Å². The van der Waals surface area contributed by atoms with Crippen LogP contribution in [0.15, 0.2) is 24.5 Å². The first-order chi connectivity index (χ1) is 15.1. The standard InChI is InChI=1S/C23H20FN5O2/c1-11-17(10-27-23-19(11)25-4-5-31-23)13-6-15-16(22(30)29-20(15)18(24)7-13)8-14-9-26-21(28-14)12-2-3-12/h6-10,12,25H,2-5H2,1H3,(H,26,28)(H,29,30)/b16-8-. The van der Waals surface area contributed by atoms with E-state index < -0.39 is 5.82 Å². The van der Waals surface area contributed by atoms with Gasteiger partial charge in [0.05, 0.1) is 23.2 Å². The van der Waals surface area contributed by atoms with Gasteiger partial charge in [-0.3, -0.25) is 4.79 Å². The summed E-state index contributed by atoms with van der Waals surface area (Å²) >= 11 is 0. The number of carbonyl (C=O) groups excluding carboxylic acids is 1. The number of hydrogen-bond acceptors (Lipinski definition) is 5. The van der Waals surface area contributed by atoms with Gasteiger partial charge < -0.3 is 20.4 Å². The van der Waals surface area contributed by atoms with E-state index in [0.717, 1.165) is 41.2 Å². The Kier molecular flexibility index (Phi) is 3.89. The molecule has 4 heterocycles. The summed E-state index contributed by atoms with van der Waals surface area (Å²) in [5.41, 5.74) is 5.06. The molecule has 0 saturated heterocycles. The molecule has 0 spiro atoms. The fourth-order valence-corrected chi connectivity index (χ4v) is 4.20. The molecule has 3 N–H and O–H groups in total. The normalized spacial score (nSPS) is 18.3. The summed E-state index contributed by atoms with van der Waals surface area (Å²) in [7, 11) is 0. The summed E-state index contributed by atoms with van der Waals surface area (Å²) in [4.78, 5) is 24.7. The van der Waals surface area contributed by atoms with Gasteiger partial charge in [-0.2, -0.15) is 0 Å². The SMILES string of the molecule is Cc1c(-c2cc(F)c3c(c2)/C(=C/c2cnc(C4CC4)[nH]2)C(=O)N3)cnc2c1NCCO2. The molecule has 0 atom stereocenters. The number of aromatic amines is 1. The van der Waals surface area contributed by atoms with Crippen LogP contribution >= 0.6 is 0 Å². The van der Waals surface area contributed by atoms with Crippen molar-refractivity contribution in [3.63, 3.8) is 0 Å². The van der Waals surface area contributed by atoms with Gasteiger partial charge in [0.2, 0.25) is 5.88 Å². The molecule has 1 fully saturated rings. The summed E-state index contributed by atoms with van der Waals surface area (Å²) in [5.74, 6) is 1.17. The minimum atomic E-state index is -0.478. The quantitative estimate of drug-likeness (QED) is 0.558. The number of carbonyl (C=O) groups is 1. The molecule has 156 valence electrons. The topological polar surface area (TPSA) is 91.9 Å². The molecule has 8 heteroatoms. The zero-order chi connectivity index (χ0) is 21.1. The van der Waals surface area contributed by atoms with Gasteiger partial charge in [-0.15, -0.1) is 0 Å². The second-order valence-electron chi connectivity index (χ2n) is 8.14. The molecule has 1 aliphatic carbocycles. The summed E-state index contributed by atoms with van der Waals surface area (Å²) in [6.45, 7) is 3.20. The van der Waals surface area contributed by atoms with E-state index in [-0.39, 0.29) is 11.6 Å². The van der Waals surface area contributed by atoms with Crippen molar-refractivity contribution in [2.24, 2.45) is 0 Å². The first-order valence-corrected chi connectivity index (χ1v) is 10.4. The molecule has 0 bridgehead atoms. The predicted octanol–water partition coefficient (Wildman–Crippen LogP) is 4.09. The van der Waals surface area contributed by atoms with Crippen LogP contribution in [0.2, 0.25) is 0 Å². The van der Waals surface area contributed by atoms with Crippen LogP contribution in [0, 0.1) is 12.7 Å². The number of benzene rings is 1. The fraction of sp³-hybridized carbons (Fsp3) is 0.261. The van der Waals surface area contributed by atoms with Gasteiger partial charge in [0.15, 0.2) is 0 Å². The number of imidazole rings is 1. The van der Waals surface area contributed by atoms with Gasteiger partial charge in [-0.1, -0.05) is 0 Å². The number of pyridine rings is 1. The largest absolute Gasteiger partial charge is 0.474 e. The van der Waals surface area contributed by atoms with Crippen LogP contribution in [0.1, 0.15) is 41.4 Å². The first-order valence-electron chi connectivity index (χ1n) is 10.4. The zero-order valence-corrected chi connectivity index (χ0v) is 16.9. The van der Waals surface area contributed by atoms with Crippen LogP contribution in [0.25, 0.3) is 22.8 Å². The summed E-state index contributed by atoms with van der Waals surface area (Å²) in [6, 6.07) is 3.27. The van der Waals surface area contributed by atoms with Crippen LogP contribution in [-0.2, 0) is 4.79 Å². The number of H-pyrrole nitrogens is 1. The highest BCUT2D eigenvalue weighted by molar-refractivity contribution is 6.35. The Bertz CT molecular complexity index is 1280. The summed E-state index contributed by atoms with van der Waals surface area (Å²) in [5, 5.41) is 5.96. The maximum absolute atomic E-state index is 15.0. The Morgan fingerprint density at radius 1 is 1.16 bits per heavy atom. The van der Waals surface area contributed by atoms with Gasteiger partial charge in [0, 0.05) is 29.8 Å². The minimum Gasteiger partial charge on any atom is -0.474 e. The molecule has 3 aliphatic rings. The molecule has 2 aromatic heterocycles. The lowest BCUT2D eigenvalue weighted by Crippen LogP contribution is -2.20. The number of ether oxygens (including phenoxy) is 1. The number of anilines is 2. The smallest absolute Gasteiger partial charge is 0.256 e. The highest BCUT2D eigenvalue weighted by Crippen LogP contribution is 2.42. The monoisotopic (exact) mass is 417 g/mol. The molecule has 1 saturated carbocycles. The van der Waals surface area contributed by atoms with Gasteiger partial charge in [0.25, 0.3) is 5.91 Å². The lowest BCUT2D eigenvalue weighted by atomic mass is 9.96. The minimum absolute atomic E-state index is 0.201. The second-order valence-corrected chi connectivity index (χ2v) is 8.14. The Hall–Kier alpha value is -3.68. The molecule has 7 nitrogen and oxygen atoms in total. The van der Waals surface area contributed by atoms with Crippen LogP contribution in [0.5, 0.6) is 5.88 Å². The van der Waals surface area contributed by atoms with E-state index >= 15 is 0 Å². The number of fused-ring (bicyclic) bond motifs is 2. The van der Waals surface area contributed by atoms with Gasteiger partial charge >= 0.3 is 0 Å². The van der Waals surface area contributed by atoms with Crippen molar-refractivity contribution >= 4 is 28.9 Å². The second kappa shape index (κ2) is 6.66. The lowest BCUT2D eigenvalue weighted by molar-refractivity contribution is -0.110. The molecule has 3 aromatic rings. The summed E-state index contributed by atoms with van der Waals surface area (Å²) in [6.07, 6.45) is 7.41. The first kappa shape index (κ1) is 18.1. The number of amides is 1. The van der Waals surface area contributed by atoms with Crippen molar-refractivity contribution in [2.75, 3.05) is 23.8 Å². The third-order valence-corrected chi connectivity index (χ3v) is 6.00. The number of hydrogen-bond donors (Lipinski definition) is 3. The Morgan fingerprint density at radius 3 is 2.87 bits per heavy atom. The fourth-order valence-electron chi connectivity index (χ4n) is 4.20. The van der Waals surface area contributed by atoms with E-state index in [1.165, 1.54) is 6.07 Å². The van der Waals surface area contributed by atoms with Gasteiger partial charge in [0.1, 0.15) is 23.9 Å². The van der Waals surface area contributed by atoms with E-state index in [1.54, 1.807) is 18.5 Å². The van der Waals surface area contributed by atoms with E-state index in [2.05, 4.69) is 25.6 Å². The van der Waals surface area contributed by atoms with E-state index in [9.17, 15) is 9.18 Å². The number of rotatable bonds is 3. The molecule has 0 radical (unpaired) electrons. The molecule has 31 heavy (non-hydrogen) atoms. The van der Waals surface area contributed by atoms with Crippen molar-refractivity contribution in [2.45, 2.75) is 25.7 Å². The van der Waals surface area contributed by atoms with Gasteiger partial charge in [-0.05, 0) is 49.1 Å². The van der Waals surface area contributed by atoms with Crippen LogP contribution in [-0.4, -0.2) is 34.0 Å². The third kappa shape index (κ3) is 2.98. The van der Waals surface area contributed by atoms with Crippen LogP contribution < -0.4 is 15.4 Å². The average Bonchev–Trinajstić information content (AvgIpc) is 3.44.